The molecule has 366 valence electrons. The van der Waals surface area contributed by atoms with Gasteiger partial charge in [0.2, 0.25) is 5.96 Å². The zero-order chi connectivity index (χ0) is 51.6. The van der Waals surface area contributed by atoms with E-state index in [-0.39, 0.29) is 47.6 Å². The molecule has 1 aromatic heterocycles. The summed E-state index contributed by atoms with van der Waals surface area (Å²) in [4.78, 5) is 95.9. The average molecular weight is 964 g/mol. The maximum absolute atomic E-state index is 14.2. The fourth-order valence-electron chi connectivity index (χ4n) is 7.29. The fraction of sp³-hybridized carbons (Fsp3) is 0.259. The summed E-state index contributed by atoms with van der Waals surface area (Å²) in [6, 6.07) is 43.1. The van der Waals surface area contributed by atoms with Crippen molar-refractivity contribution in [2.24, 2.45) is 4.99 Å². The summed E-state index contributed by atoms with van der Waals surface area (Å²) in [5.74, 6) is -0.00284. The summed E-state index contributed by atoms with van der Waals surface area (Å²) in [6.45, 7) is 10.6. The number of aliphatic imine (C=N–C) groups is 1. The predicted octanol–water partition coefficient (Wildman–Crippen LogP) is 8.82. The summed E-state index contributed by atoms with van der Waals surface area (Å²) in [7, 11) is 0. The molecule has 71 heavy (non-hydrogen) atoms. The van der Waals surface area contributed by atoms with Crippen molar-refractivity contribution in [1.82, 2.24) is 20.5 Å². The van der Waals surface area contributed by atoms with Crippen LogP contribution in [0.3, 0.4) is 0 Å². The molecule has 0 radical (unpaired) electrons. The van der Waals surface area contributed by atoms with Crippen molar-refractivity contribution in [2.75, 3.05) is 6.54 Å². The SMILES string of the molecule is CC(C)(C)OC(=O)NC(=Nc1ccc(C(=O)Oc2ccc3nc(C(=O)N4C[C@@H](Oc5ccc(Cc6ccccc6)cc5)C[C@H]4Cc4ccccc4)ccc3c2)cc1)NC(=O)OC(C)(C)C.O=C=O.O=C=O. The van der Waals surface area contributed by atoms with E-state index in [2.05, 4.69) is 52.0 Å². The predicted molar refractivity (Wildman–Crippen MR) is 259 cm³/mol. The molecular formula is C54H53N5O12. The summed E-state index contributed by atoms with van der Waals surface area (Å²) in [5.41, 5.74) is 3.37. The second-order valence-corrected chi connectivity index (χ2v) is 18.0. The first-order chi connectivity index (χ1) is 33.8. The van der Waals surface area contributed by atoms with Gasteiger partial charge in [0.25, 0.3) is 5.91 Å². The summed E-state index contributed by atoms with van der Waals surface area (Å²) < 4.78 is 22.8. The Morgan fingerprint density at radius 2 is 1.20 bits per heavy atom. The van der Waals surface area contributed by atoms with Gasteiger partial charge in [0.05, 0.1) is 23.3 Å². The van der Waals surface area contributed by atoms with Gasteiger partial charge >= 0.3 is 30.5 Å². The van der Waals surface area contributed by atoms with Crippen molar-refractivity contribution in [3.05, 3.63) is 167 Å². The highest BCUT2D eigenvalue weighted by molar-refractivity contribution is 6.02. The lowest BCUT2D eigenvalue weighted by atomic mass is 10.0. The van der Waals surface area contributed by atoms with Crippen molar-refractivity contribution in [2.45, 2.75) is 84.2 Å². The molecule has 1 aliphatic heterocycles. The minimum Gasteiger partial charge on any atom is -0.489 e. The van der Waals surface area contributed by atoms with E-state index in [4.69, 9.17) is 43.1 Å². The number of ether oxygens (including phenoxy) is 4. The van der Waals surface area contributed by atoms with Crippen molar-refractivity contribution in [3.8, 4) is 11.5 Å². The molecular weight excluding hydrogens is 911 g/mol. The number of fused-ring (bicyclic) bond motifs is 1. The molecule has 0 saturated carbocycles. The average Bonchev–Trinajstić information content (AvgIpc) is 3.70. The number of carbonyl (C=O) groups excluding carboxylic acids is 8. The van der Waals surface area contributed by atoms with Crippen LogP contribution in [-0.4, -0.2) is 82.1 Å². The summed E-state index contributed by atoms with van der Waals surface area (Å²) in [6.07, 6.45) is 0.811. The highest BCUT2D eigenvalue weighted by atomic mass is 16.6. The Bertz CT molecular complexity index is 2820. The standard InChI is InChI=1S/C52H53N5O8.2CO2/c1-51(2,3)64-49(60)55-48(56-50(61)65-52(4,5)6)53-39-22-19-37(20-23-39)47(59)63-42-26-28-44-38(31-42)21-27-45(54-44)46(58)57-33-43(32-40(57)30-35-15-11-8-12-16-35)62-41-24-17-36(18-25-41)29-34-13-9-7-10-14-34;2*2-1-3/h7-28,31,40,43H,29-30,32-33H2,1-6H3,(H2,53,55,56,60,61);;/t40-,43+;;/m1../s1. The topological polar surface area (TPSA) is 226 Å². The normalized spacial score (nSPS) is 13.8. The highest BCUT2D eigenvalue weighted by Crippen LogP contribution is 2.29. The molecule has 17 heteroatoms. The molecule has 2 N–H and O–H groups in total. The van der Waals surface area contributed by atoms with Crippen LogP contribution in [0, 0.1) is 0 Å². The Labute approximate surface area is 410 Å². The van der Waals surface area contributed by atoms with Gasteiger partial charge in [0, 0.05) is 17.8 Å². The number of hydrogen-bond acceptors (Lipinski definition) is 14. The minimum atomic E-state index is -0.837. The van der Waals surface area contributed by atoms with Crippen molar-refractivity contribution in [1.29, 1.82) is 0 Å². The minimum absolute atomic E-state index is 0.0998. The number of nitrogens with one attached hydrogen (secondary N) is 2. The zero-order valence-electron chi connectivity index (χ0n) is 40.0. The molecule has 3 amide bonds. The molecule has 5 aromatic carbocycles. The van der Waals surface area contributed by atoms with Crippen LogP contribution >= 0.6 is 0 Å². The Morgan fingerprint density at radius 3 is 1.76 bits per heavy atom. The van der Waals surface area contributed by atoms with E-state index in [1.165, 1.54) is 35.4 Å². The van der Waals surface area contributed by atoms with Crippen molar-refractivity contribution >= 4 is 58.9 Å². The Balaban J connectivity index is 0.00000149. The monoisotopic (exact) mass is 963 g/mol. The lowest BCUT2D eigenvalue weighted by molar-refractivity contribution is -0.193. The van der Waals surface area contributed by atoms with E-state index in [1.54, 1.807) is 71.9 Å². The summed E-state index contributed by atoms with van der Waals surface area (Å²) in [5, 5.41) is 5.54. The van der Waals surface area contributed by atoms with Gasteiger partial charge in [-0.15, -0.1) is 0 Å². The molecule has 17 nitrogen and oxygen atoms in total. The number of aromatic nitrogens is 1. The third-order valence-electron chi connectivity index (χ3n) is 10.1. The molecule has 0 unspecified atom stereocenters. The van der Waals surface area contributed by atoms with E-state index < -0.39 is 29.4 Å². The molecule has 2 atom stereocenters. The Kier molecular flexibility index (Phi) is 18.7. The first-order valence-electron chi connectivity index (χ1n) is 22.3. The number of esters is 1. The van der Waals surface area contributed by atoms with Gasteiger partial charge in [-0.3, -0.25) is 15.4 Å². The Morgan fingerprint density at radius 1 is 0.662 bits per heavy atom. The van der Waals surface area contributed by atoms with E-state index in [9.17, 15) is 19.2 Å². The van der Waals surface area contributed by atoms with E-state index in [0.717, 1.165) is 17.7 Å². The maximum Gasteiger partial charge on any atom is 0.414 e. The van der Waals surface area contributed by atoms with Gasteiger partial charge in [-0.1, -0.05) is 78.9 Å². The number of guanidine groups is 1. The van der Waals surface area contributed by atoms with E-state index >= 15 is 0 Å². The van der Waals surface area contributed by atoms with Crippen molar-refractivity contribution < 1.29 is 57.3 Å². The molecule has 0 bridgehead atoms. The number of benzene rings is 5. The Hall–Kier alpha value is -8.78. The molecule has 2 heterocycles. The number of hydrogen-bond donors (Lipinski definition) is 2. The second-order valence-electron chi connectivity index (χ2n) is 18.0. The zero-order valence-corrected chi connectivity index (χ0v) is 40.0. The number of alkyl carbamates (subject to hydrolysis) is 2. The number of carbonyl (C=O) groups is 4. The number of rotatable bonds is 10. The number of amides is 3. The molecule has 6 aromatic rings. The third-order valence-corrected chi connectivity index (χ3v) is 10.1. The lowest BCUT2D eigenvalue weighted by Gasteiger charge is -2.24. The van der Waals surface area contributed by atoms with Crippen LogP contribution in [0.25, 0.3) is 10.9 Å². The van der Waals surface area contributed by atoms with Gasteiger partial charge in [-0.2, -0.15) is 19.2 Å². The smallest absolute Gasteiger partial charge is 0.414 e. The highest BCUT2D eigenvalue weighted by Gasteiger charge is 2.37. The molecule has 0 spiro atoms. The van der Waals surface area contributed by atoms with Crippen LogP contribution in [0.15, 0.2) is 145 Å². The number of nitrogens with zero attached hydrogens (tertiary/aromatic N) is 3. The van der Waals surface area contributed by atoms with E-state index in [1.807, 2.05) is 53.4 Å². The van der Waals surface area contributed by atoms with Gasteiger partial charge in [-0.05, 0) is 132 Å². The van der Waals surface area contributed by atoms with Gasteiger partial charge in [0.1, 0.15) is 34.5 Å². The van der Waals surface area contributed by atoms with Crippen LogP contribution in [0.4, 0.5) is 15.3 Å². The molecule has 1 aliphatic rings. The van der Waals surface area contributed by atoms with Gasteiger partial charge in [-0.25, -0.2) is 24.4 Å². The van der Waals surface area contributed by atoms with Crippen LogP contribution in [0.2, 0.25) is 0 Å². The maximum atomic E-state index is 14.2. The molecule has 1 saturated heterocycles. The quantitative estimate of drug-likeness (QED) is 0.0567. The number of likely N-dealkylation sites (tertiary alicyclic amines) is 1. The van der Waals surface area contributed by atoms with Crippen LogP contribution < -0.4 is 20.1 Å². The molecule has 0 aliphatic carbocycles. The van der Waals surface area contributed by atoms with Crippen LogP contribution in [-0.2, 0) is 41.5 Å². The van der Waals surface area contributed by atoms with Gasteiger partial charge in [0.15, 0.2) is 0 Å². The molecule has 7 rings (SSSR count). The summed E-state index contributed by atoms with van der Waals surface area (Å²) >= 11 is 0. The molecule has 1 fully saturated rings. The van der Waals surface area contributed by atoms with Crippen LogP contribution in [0.5, 0.6) is 11.5 Å². The van der Waals surface area contributed by atoms with E-state index in [0.29, 0.717) is 41.7 Å². The second kappa shape index (κ2) is 25.0. The lowest BCUT2D eigenvalue weighted by Crippen LogP contribution is -2.47. The first-order valence-corrected chi connectivity index (χ1v) is 22.3. The fourth-order valence-corrected chi connectivity index (χ4v) is 7.29. The largest absolute Gasteiger partial charge is 0.489 e. The number of pyridine rings is 1. The first kappa shape index (κ1) is 53.2. The van der Waals surface area contributed by atoms with Crippen LogP contribution in [0.1, 0.15) is 85.5 Å². The van der Waals surface area contributed by atoms with Crippen molar-refractivity contribution in [3.63, 3.8) is 0 Å². The van der Waals surface area contributed by atoms with Gasteiger partial charge < -0.3 is 23.8 Å². The third kappa shape index (κ3) is 17.4.